The fourth-order valence-corrected chi connectivity index (χ4v) is 5.66. The molecule has 0 spiro atoms. The number of anilines is 2. The van der Waals surface area contributed by atoms with Gasteiger partial charge in [-0.2, -0.15) is 4.98 Å². The van der Waals surface area contributed by atoms with Crippen LogP contribution < -0.4 is 15.4 Å². The number of nitrogens with zero attached hydrogens (tertiary/aromatic N) is 4. The highest BCUT2D eigenvalue weighted by Gasteiger charge is 2.36. The number of nitro groups is 1. The lowest BCUT2D eigenvalue weighted by Gasteiger charge is -2.29. The minimum Gasteiger partial charge on any atom is -0.500 e. The lowest BCUT2D eigenvalue weighted by atomic mass is 9.94. The van der Waals surface area contributed by atoms with Gasteiger partial charge in [-0.1, -0.05) is 53.7 Å². The number of thioether (sulfide) groups is 1. The Labute approximate surface area is 244 Å². The van der Waals surface area contributed by atoms with Crippen molar-refractivity contribution in [1.82, 2.24) is 14.8 Å². The van der Waals surface area contributed by atoms with Gasteiger partial charge in [-0.15, -0.1) is 5.10 Å². The molecule has 1 aromatic heterocycles. The molecule has 1 aliphatic rings. The van der Waals surface area contributed by atoms with Crippen LogP contribution in [0.1, 0.15) is 29.7 Å². The number of methoxy groups -OCH3 is 1. The number of carbonyl (C=O) groups excluding carboxylic acids is 1. The minimum absolute atomic E-state index is 0.112. The van der Waals surface area contributed by atoms with Gasteiger partial charge in [0.25, 0.3) is 5.91 Å². The van der Waals surface area contributed by atoms with Gasteiger partial charge >= 0.3 is 5.69 Å². The number of nitrogens with one attached hydrogen (secondary N) is 2. The van der Waals surface area contributed by atoms with Crippen molar-refractivity contribution in [2.45, 2.75) is 30.8 Å². The summed E-state index contributed by atoms with van der Waals surface area (Å²) in [5, 5.41) is 34.0. The van der Waals surface area contributed by atoms with Crippen LogP contribution in [0.3, 0.4) is 0 Å². The molecule has 0 aliphatic carbocycles. The molecule has 1 amide bonds. The molecule has 210 valence electrons. The van der Waals surface area contributed by atoms with Crippen LogP contribution in [0.5, 0.6) is 11.5 Å². The summed E-state index contributed by atoms with van der Waals surface area (Å²) in [5.74, 6) is -0.322. The van der Waals surface area contributed by atoms with Crippen LogP contribution in [0.15, 0.2) is 77.1 Å². The van der Waals surface area contributed by atoms with Gasteiger partial charge in [0.1, 0.15) is 6.04 Å². The average molecular weight is 593 g/mol. The Morgan fingerprint density at radius 2 is 2.00 bits per heavy atom. The Morgan fingerprint density at radius 1 is 1.22 bits per heavy atom. The number of ether oxygens (including phenoxy) is 1. The Balaban J connectivity index is 1.59. The van der Waals surface area contributed by atoms with E-state index in [1.54, 1.807) is 19.1 Å². The smallest absolute Gasteiger partial charge is 0.315 e. The second-order valence-corrected chi connectivity index (χ2v) is 10.6. The second kappa shape index (κ2) is 11.5. The van der Waals surface area contributed by atoms with Crippen molar-refractivity contribution in [3.63, 3.8) is 0 Å². The number of allylic oxidation sites excluding steroid dienone is 1. The van der Waals surface area contributed by atoms with Crippen molar-refractivity contribution in [3.05, 3.63) is 104 Å². The van der Waals surface area contributed by atoms with E-state index in [4.69, 9.17) is 16.3 Å². The predicted molar refractivity (Wildman–Crippen MR) is 157 cm³/mol. The van der Waals surface area contributed by atoms with Crippen LogP contribution in [0, 0.1) is 17.0 Å². The quantitative estimate of drug-likeness (QED) is 0.126. The third-order valence-electron chi connectivity index (χ3n) is 6.48. The van der Waals surface area contributed by atoms with Gasteiger partial charge in [-0.3, -0.25) is 14.9 Å². The van der Waals surface area contributed by atoms with Gasteiger partial charge in [0, 0.05) is 28.2 Å². The maximum absolute atomic E-state index is 13.8. The number of carbonyl (C=O) groups is 1. The number of nitro benzene ring substituents is 1. The van der Waals surface area contributed by atoms with Gasteiger partial charge in [0.15, 0.2) is 5.75 Å². The highest BCUT2D eigenvalue weighted by atomic mass is 35.5. The third kappa shape index (κ3) is 5.70. The number of benzene rings is 3. The first-order valence-corrected chi connectivity index (χ1v) is 13.8. The van der Waals surface area contributed by atoms with E-state index in [2.05, 4.69) is 20.7 Å². The number of phenolic OH excluding ortho intramolecular Hbond substituents is 1. The summed E-state index contributed by atoms with van der Waals surface area (Å²) in [7, 11) is 1.29. The van der Waals surface area contributed by atoms with Crippen molar-refractivity contribution in [2.24, 2.45) is 0 Å². The van der Waals surface area contributed by atoms with E-state index in [9.17, 15) is 20.0 Å². The number of aromatic nitrogens is 3. The maximum Gasteiger partial charge on any atom is 0.315 e. The number of phenols is 1. The molecule has 13 heteroatoms. The first kappa shape index (κ1) is 28.0. The van der Waals surface area contributed by atoms with E-state index in [-0.39, 0.29) is 11.3 Å². The summed E-state index contributed by atoms with van der Waals surface area (Å²) in [6.07, 6.45) is 0. The summed E-state index contributed by atoms with van der Waals surface area (Å²) < 4.78 is 6.74. The molecule has 0 radical (unpaired) electrons. The van der Waals surface area contributed by atoms with Gasteiger partial charge in [-0.25, -0.2) is 4.68 Å². The first-order chi connectivity index (χ1) is 19.7. The predicted octanol–water partition coefficient (Wildman–Crippen LogP) is 6.08. The van der Waals surface area contributed by atoms with Crippen molar-refractivity contribution < 1.29 is 19.6 Å². The Morgan fingerprint density at radius 3 is 2.71 bits per heavy atom. The van der Waals surface area contributed by atoms with Crippen molar-refractivity contribution in [2.75, 3.05) is 17.7 Å². The van der Waals surface area contributed by atoms with Crippen LogP contribution in [-0.4, -0.2) is 37.8 Å². The number of hydrogen-bond acceptors (Lipinski definition) is 9. The number of rotatable bonds is 8. The van der Waals surface area contributed by atoms with Gasteiger partial charge < -0.3 is 20.5 Å². The molecular weight excluding hydrogens is 568 g/mol. The molecule has 0 saturated heterocycles. The van der Waals surface area contributed by atoms with E-state index in [0.29, 0.717) is 38.8 Å². The number of fused-ring (bicyclic) bond motifs is 1. The summed E-state index contributed by atoms with van der Waals surface area (Å²) in [4.78, 5) is 29.5. The molecule has 3 aromatic carbocycles. The molecular formula is C28H25ClN6O5S. The van der Waals surface area contributed by atoms with Gasteiger partial charge in [-0.05, 0) is 54.8 Å². The fourth-order valence-electron chi connectivity index (χ4n) is 4.54. The van der Waals surface area contributed by atoms with E-state index in [0.717, 1.165) is 11.1 Å². The third-order valence-corrected chi connectivity index (χ3v) is 7.73. The Bertz CT molecular complexity index is 1710. The maximum atomic E-state index is 13.8. The topological polar surface area (TPSA) is 144 Å². The molecule has 2 heterocycles. The molecule has 0 saturated carbocycles. The lowest BCUT2D eigenvalue weighted by molar-refractivity contribution is -0.386. The number of hydrogen-bond donors (Lipinski definition) is 3. The number of aryl methyl sites for hydroxylation is 1. The number of aromatic hydroxyl groups is 1. The van der Waals surface area contributed by atoms with Crippen LogP contribution >= 0.6 is 23.4 Å². The number of amides is 1. The summed E-state index contributed by atoms with van der Waals surface area (Å²) in [6.45, 7) is 3.63. The first-order valence-electron chi connectivity index (χ1n) is 12.4. The molecule has 1 unspecified atom stereocenters. The molecule has 1 atom stereocenters. The van der Waals surface area contributed by atoms with Crippen molar-refractivity contribution in [3.8, 4) is 11.5 Å². The monoisotopic (exact) mass is 592 g/mol. The number of halogens is 1. The molecule has 11 nitrogen and oxygen atoms in total. The highest BCUT2D eigenvalue weighted by molar-refractivity contribution is 7.98. The largest absolute Gasteiger partial charge is 0.500 e. The Kier molecular flexibility index (Phi) is 7.86. The van der Waals surface area contributed by atoms with E-state index in [1.165, 1.54) is 35.7 Å². The van der Waals surface area contributed by atoms with Gasteiger partial charge in [0.05, 0.1) is 17.6 Å². The zero-order chi connectivity index (χ0) is 29.3. The van der Waals surface area contributed by atoms with Crippen molar-refractivity contribution >= 4 is 46.6 Å². The standard InChI is InChI=1S/C28H25ClN6O5S/c1-15-7-6-9-19(11-15)31-26(37)23-16(2)30-27-32-28(41-14-17-8-4-5-10-20(17)29)33-34(27)24(23)18-12-21(35(38)39)25(36)22(13-18)40-3/h4-13,24,36H,14H2,1-3H3,(H,31,37)(H,30,32,33). The molecule has 5 rings (SSSR count). The summed E-state index contributed by atoms with van der Waals surface area (Å²) in [5.41, 5.74) is 2.93. The fraction of sp³-hybridized carbons (Fsp3) is 0.179. The van der Waals surface area contributed by atoms with Crippen molar-refractivity contribution in [1.29, 1.82) is 0 Å². The average Bonchev–Trinajstić information content (AvgIpc) is 3.34. The minimum atomic E-state index is -0.938. The van der Waals surface area contributed by atoms with E-state index >= 15 is 0 Å². The molecule has 4 aromatic rings. The summed E-state index contributed by atoms with van der Waals surface area (Å²) >= 11 is 7.67. The SMILES string of the molecule is COc1cc(C2C(C(=O)Nc3cccc(C)c3)=C(C)Nc3nc(SCc4ccccc4Cl)nn32)cc([N+](=O)[O-])c1O. The lowest BCUT2D eigenvalue weighted by Crippen LogP contribution is -2.31. The molecule has 0 fully saturated rings. The zero-order valence-electron chi connectivity index (χ0n) is 22.2. The zero-order valence-corrected chi connectivity index (χ0v) is 23.8. The summed E-state index contributed by atoms with van der Waals surface area (Å²) in [6, 6.07) is 16.5. The van der Waals surface area contributed by atoms with Crippen LogP contribution in [0.2, 0.25) is 5.02 Å². The van der Waals surface area contributed by atoms with E-state index in [1.807, 2.05) is 43.3 Å². The Hall–Kier alpha value is -4.55. The molecule has 0 bridgehead atoms. The molecule has 3 N–H and O–H groups in total. The van der Waals surface area contributed by atoms with Gasteiger partial charge in [0.2, 0.25) is 16.9 Å². The van der Waals surface area contributed by atoms with Crippen LogP contribution in [-0.2, 0) is 10.5 Å². The molecule has 41 heavy (non-hydrogen) atoms. The van der Waals surface area contributed by atoms with E-state index < -0.39 is 28.3 Å². The van der Waals surface area contributed by atoms with Crippen LogP contribution in [0.4, 0.5) is 17.3 Å². The molecule has 1 aliphatic heterocycles. The van der Waals surface area contributed by atoms with Crippen LogP contribution in [0.25, 0.3) is 0 Å². The highest BCUT2D eigenvalue weighted by Crippen LogP contribution is 2.43. The second-order valence-electron chi connectivity index (χ2n) is 9.28. The normalized spacial score (nSPS) is 14.3.